The summed E-state index contributed by atoms with van der Waals surface area (Å²) in [6.45, 7) is 4.48. The van der Waals surface area contributed by atoms with Crippen LogP contribution in [0, 0.1) is 0 Å². The van der Waals surface area contributed by atoms with E-state index in [1.165, 1.54) is 0 Å². The van der Waals surface area contributed by atoms with Crippen LogP contribution in [0.4, 0.5) is 5.69 Å². The van der Waals surface area contributed by atoms with Gasteiger partial charge in [0.1, 0.15) is 6.04 Å². The van der Waals surface area contributed by atoms with Crippen LogP contribution in [0.1, 0.15) is 20.3 Å². The van der Waals surface area contributed by atoms with E-state index < -0.39 is 0 Å². The molecular weight excluding hydrogens is 259 g/mol. The van der Waals surface area contributed by atoms with Gasteiger partial charge in [0, 0.05) is 11.6 Å². The molecule has 0 bridgehead atoms. The maximum Gasteiger partial charge on any atom is 0.242 e. The van der Waals surface area contributed by atoms with E-state index in [2.05, 4.69) is 10.6 Å². The van der Waals surface area contributed by atoms with Gasteiger partial charge in [-0.15, -0.1) is 0 Å². The van der Waals surface area contributed by atoms with E-state index in [4.69, 9.17) is 23.2 Å². The lowest BCUT2D eigenvalue weighted by Gasteiger charge is -2.16. The minimum atomic E-state index is -0.333. The number of halogens is 2. The molecule has 1 amide bonds. The molecule has 1 aromatic rings. The molecule has 94 valence electrons. The fraction of sp³-hybridized carbons (Fsp3) is 0.417. The molecule has 3 nitrogen and oxygen atoms in total. The average molecular weight is 275 g/mol. The summed E-state index contributed by atoms with van der Waals surface area (Å²) in [6.07, 6.45) is 0.917. The molecule has 0 saturated carbocycles. The third-order valence-electron chi connectivity index (χ3n) is 2.25. The van der Waals surface area contributed by atoms with Crippen LogP contribution in [0.5, 0.6) is 0 Å². The largest absolute Gasteiger partial charge is 0.373 e. The zero-order valence-corrected chi connectivity index (χ0v) is 11.4. The number of benzene rings is 1. The van der Waals surface area contributed by atoms with Crippen molar-refractivity contribution in [2.75, 3.05) is 11.9 Å². The van der Waals surface area contributed by atoms with Gasteiger partial charge in [0.05, 0.1) is 10.7 Å². The molecule has 0 radical (unpaired) electrons. The molecule has 0 aromatic heterocycles. The van der Waals surface area contributed by atoms with Crippen molar-refractivity contribution in [3.8, 4) is 0 Å². The topological polar surface area (TPSA) is 41.1 Å². The van der Waals surface area contributed by atoms with Gasteiger partial charge in [0.15, 0.2) is 0 Å². The van der Waals surface area contributed by atoms with E-state index in [-0.39, 0.29) is 11.9 Å². The van der Waals surface area contributed by atoms with Crippen molar-refractivity contribution in [1.82, 2.24) is 5.32 Å². The molecule has 0 heterocycles. The van der Waals surface area contributed by atoms with Crippen molar-refractivity contribution >= 4 is 34.8 Å². The maximum atomic E-state index is 11.6. The first kappa shape index (κ1) is 14.1. The highest BCUT2D eigenvalue weighted by atomic mass is 35.5. The average Bonchev–Trinajstić information content (AvgIpc) is 2.29. The second-order valence-electron chi connectivity index (χ2n) is 3.78. The Morgan fingerprint density at radius 3 is 2.71 bits per heavy atom. The summed E-state index contributed by atoms with van der Waals surface area (Å²) in [5.41, 5.74) is 0.704. The van der Waals surface area contributed by atoms with Crippen LogP contribution in [-0.2, 0) is 4.79 Å². The molecule has 0 aliphatic carbocycles. The Hall–Kier alpha value is -0.930. The van der Waals surface area contributed by atoms with E-state index in [1.54, 1.807) is 25.1 Å². The fourth-order valence-electron chi connectivity index (χ4n) is 1.31. The van der Waals surface area contributed by atoms with Crippen LogP contribution >= 0.6 is 23.2 Å². The summed E-state index contributed by atoms with van der Waals surface area (Å²) in [4.78, 5) is 11.6. The highest BCUT2D eigenvalue weighted by molar-refractivity contribution is 6.36. The molecule has 17 heavy (non-hydrogen) atoms. The van der Waals surface area contributed by atoms with Crippen LogP contribution in [0.3, 0.4) is 0 Å². The second-order valence-corrected chi connectivity index (χ2v) is 4.62. The lowest BCUT2D eigenvalue weighted by atomic mass is 10.2. The third-order valence-corrected chi connectivity index (χ3v) is 2.79. The molecular formula is C12H16Cl2N2O. The molecule has 1 aromatic carbocycles. The summed E-state index contributed by atoms with van der Waals surface area (Å²) in [5.74, 6) is -0.0436. The standard InChI is InChI=1S/C12H16Cl2N2O/c1-3-6-15-12(17)8(2)16-11-5-4-9(13)7-10(11)14/h4-5,7-8,16H,3,6H2,1-2H3,(H,15,17). The summed E-state index contributed by atoms with van der Waals surface area (Å²) >= 11 is 11.8. The van der Waals surface area contributed by atoms with Gasteiger partial charge in [-0.3, -0.25) is 4.79 Å². The Morgan fingerprint density at radius 1 is 1.41 bits per heavy atom. The Labute approximate surface area is 111 Å². The molecule has 0 spiro atoms. The van der Waals surface area contributed by atoms with Crippen molar-refractivity contribution in [3.63, 3.8) is 0 Å². The van der Waals surface area contributed by atoms with Crippen LogP contribution in [0.25, 0.3) is 0 Å². The van der Waals surface area contributed by atoms with E-state index in [0.717, 1.165) is 6.42 Å². The minimum absolute atomic E-state index is 0.0436. The molecule has 0 saturated heterocycles. The van der Waals surface area contributed by atoms with Gasteiger partial charge in [-0.1, -0.05) is 30.1 Å². The fourth-order valence-corrected chi connectivity index (χ4v) is 1.77. The highest BCUT2D eigenvalue weighted by Crippen LogP contribution is 2.25. The van der Waals surface area contributed by atoms with E-state index in [0.29, 0.717) is 22.3 Å². The van der Waals surface area contributed by atoms with Gasteiger partial charge in [-0.25, -0.2) is 0 Å². The van der Waals surface area contributed by atoms with Crippen LogP contribution in [-0.4, -0.2) is 18.5 Å². The first-order chi connectivity index (χ1) is 8.04. The number of rotatable bonds is 5. The summed E-state index contributed by atoms with van der Waals surface area (Å²) in [6, 6.07) is 4.79. The smallest absolute Gasteiger partial charge is 0.242 e. The molecule has 5 heteroatoms. The van der Waals surface area contributed by atoms with E-state index >= 15 is 0 Å². The quantitative estimate of drug-likeness (QED) is 0.865. The van der Waals surface area contributed by atoms with Gasteiger partial charge in [-0.2, -0.15) is 0 Å². The predicted molar refractivity (Wildman–Crippen MR) is 72.8 cm³/mol. The second kappa shape index (κ2) is 6.72. The van der Waals surface area contributed by atoms with Crippen molar-refractivity contribution < 1.29 is 4.79 Å². The first-order valence-electron chi connectivity index (χ1n) is 5.54. The van der Waals surface area contributed by atoms with Crippen LogP contribution in [0.15, 0.2) is 18.2 Å². The zero-order chi connectivity index (χ0) is 12.8. The molecule has 0 fully saturated rings. The van der Waals surface area contributed by atoms with Gasteiger partial charge >= 0.3 is 0 Å². The van der Waals surface area contributed by atoms with Crippen LogP contribution < -0.4 is 10.6 Å². The summed E-state index contributed by atoms with van der Waals surface area (Å²) in [5, 5.41) is 6.94. The van der Waals surface area contributed by atoms with Gasteiger partial charge in [-0.05, 0) is 31.5 Å². The normalized spacial score (nSPS) is 12.0. The molecule has 1 atom stereocenters. The Kier molecular flexibility index (Phi) is 5.59. The van der Waals surface area contributed by atoms with E-state index in [1.807, 2.05) is 6.92 Å². The van der Waals surface area contributed by atoms with Gasteiger partial charge in [0.2, 0.25) is 5.91 Å². The van der Waals surface area contributed by atoms with Crippen molar-refractivity contribution in [3.05, 3.63) is 28.2 Å². The number of amides is 1. The number of hydrogen-bond donors (Lipinski definition) is 2. The molecule has 2 N–H and O–H groups in total. The molecule has 1 unspecified atom stereocenters. The van der Waals surface area contributed by atoms with E-state index in [9.17, 15) is 4.79 Å². The van der Waals surface area contributed by atoms with Crippen molar-refractivity contribution in [2.45, 2.75) is 26.3 Å². The SMILES string of the molecule is CCCNC(=O)C(C)Nc1ccc(Cl)cc1Cl. The number of hydrogen-bond acceptors (Lipinski definition) is 2. The van der Waals surface area contributed by atoms with Crippen molar-refractivity contribution in [1.29, 1.82) is 0 Å². The number of carbonyl (C=O) groups excluding carboxylic acids is 1. The monoisotopic (exact) mass is 274 g/mol. The lowest BCUT2D eigenvalue weighted by molar-refractivity contribution is -0.121. The summed E-state index contributed by atoms with van der Waals surface area (Å²) < 4.78 is 0. The number of carbonyl (C=O) groups is 1. The van der Waals surface area contributed by atoms with Crippen LogP contribution in [0.2, 0.25) is 10.0 Å². The Bertz CT molecular complexity index is 396. The maximum absolute atomic E-state index is 11.6. The molecule has 0 aliphatic heterocycles. The lowest BCUT2D eigenvalue weighted by Crippen LogP contribution is -2.37. The molecule has 1 rings (SSSR count). The first-order valence-corrected chi connectivity index (χ1v) is 6.29. The van der Waals surface area contributed by atoms with Gasteiger partial charge < -0.3 is 10.6 Å². The highest BCUT2D eigenvalue weighted by Gasteiger charge is 2.13. The number of anilines is 1. The Balaban J connectivity index is 2.61. The van der Waals surface area contributed by atoms with Gasteiger partial charge in [0.25, 0.3) is 0 Å². The summed E-state index contributed by atoms with van der Waals surface area (Å²) in [7, 11) is 0. The zero-order valence-electron chi connectivity index (χ0n) is 9.89. The minimum Gasteiger partial charge on any atom is -0.373 e. The Morgan fingerprint density at radius 2 is 2.12 bits per heavy atom. The van der Waals surface area contributed by atoms with Crippen molar-refractivity contribution in [2.24, 2.45) is 0 Å². The molecule has 0 aliphatic rings. The number of nitrogens with one attached hydrogen (secondary N) is 2. The third kappa shape index (κ3) is 4.44. The predicted octanol–water partition coefficient (Wildman–Crippen LogP) is 3.32.